The average molecular weight is 452 g/mol. The van der Waals surface area contributed by atoms with Crippen LogP contribution in [0.5, 0.6) is 0 Å². The zero-order valence-corrected chi connectivity index (χ0v) is 19.6. The quantitative estimate of drug-likeness (QED) is 0.437. The number of hydrogen-bond donors (Lipinski definition) is 0. The summed E-state index contributed by atoms with van der Waals surface area (Å²) in [4.78, 5) is 33.2. The SMILES string of the molecule is CC(=O)Cc1ccc(-c2ccnc(-c3cn(C)c(=O)n3-c3ccc(C(C)(C)C#N)cc3)c2)cn1. The van der Waals surface area contributed by atoms with E-state index in [0.717, 1.165) is 22.4 Å². The van der Waals surface area contributed by atoms with Gasteiger partial charge in [0.1, 0.15) is 5.78 Å². The molecule has 0 spiro atoms. The van der Waals surface area contributed by atoms with Crippen molar-refractivity contribution in [1.82, 2.24) is 19.1 Å². The largest absolute Gasteiger partial charge is 0.333 e. The maximum Gasteiger partial charge on any atom is 0.333 e. The molecule has 3 aromatic heterocycles. The number of hydrogen-bond acceptors (Lipinski definition) is 5. The minimum atomic E-state index is -0.618. The predicted molar refractivity (Wildman–Crippen MR) is 130 cm³/mol. The van der Waals surface area contributed by atoms with Gasteiger partial charge in [-0.05, 0) is 62.2 Å². The van der Waals surface area contributed by atoms with Crippen molar-refractivity contribution < 1.29 is 4.79 Å². The molecule has 7 nitrogen and oxygen atoms in total. The third-order valence-corrected chi connectivity index (χ3v) is 5.79. The number of rotatable bonds is 6. The van der Waals surface area contributed by atoms with Gasteiger partial charge >= 0.3 is 5.69 Å². The van der Waals surface area contributed by atoms with Gasteiger partial charge in [-0.3, -0.25) is 19.3 Å². The molecule has 0 atom stereocenters. The second-order valence-electron chi connectivity index (χ2n) is 8.87. The molecule has 1 aromatic carbocycles. The van der Waals surface area contributed by atoms with E-state index in [1.165, 1.54) is 4.57 Å². The minimum absolute atomic E-state index is 0.0673. The van der Waals surface area contributed by atoms with E-state index in [9.17, 15) is 14.9 Å². The lowest BCUT2D eigenvalue weighted by Crippen LogP contribution is -2.21. The molecule has 0 bridgehead atoms. The van der Waals surface area contributed by atoms with Crippen LogP contribution < -0.4 is 5.69 Å². The first kappa shape index (κ1) is 22.9. The molecule has 4 rings (SSSR count). The van der Waals surface area contributed by atoms with E-state index in [-0.39, 0.29) is 11.5 Å². The number of benzene rings is 1. The van der Waals surface area contributed by atoms with Crippen LogP contribution in [-0.4, -0.2) is 24.9 Å². The van der Waals surface area contributed by atoms with E-state index >= 15 is 0 Å². The molecule has 0 fully saturated rings. The fourth-order valence-corrected chi connectivity index (χ4v) is 3.78. The first-order valence-electron chi connectivity index (χ1n) is 10.9. The molecule has 0 N–H and O–H groups in total. The highest BCUT2D eigenvalue weighted by Crippen LogP contribution is 2.27. The Morgan fingerprint density at radius 1 is 1.06 bits per heavy atom. The van der Waals surface area contributed by atoms with Gasteiger partial charge in [-0.25, -0.2) is 4.79 Å². The molecule has 170 valence electrons. The van der Waals surface area contributed by atoms with Crippen molar-refractivity contribution in [2.45, 2.75) is 32.6 Å². The van der Waals surface area contributed by atoms with E-state index in [1.54, 1.807) is 37.1 Å². The Hall–Kier alpha value is -4.31. The maximum atomic E-state index is 13.0. The van der Waals surface area contributed by atoms with Gasteiger partial charge in [0.25, 0.3) is 0 Å². The highest BCUT2D eigenvalue weighted by molar-refractivity contribution is 5.78. The van der Waals surface area contributed by atoms with Gasteiger partial charge in [0, 0.05) is 43.3 Å². The van der Waals surface area contributed by atoms with Gasteiger partial charge in [-0.15, -0.1) is 0 Å². The smallest absolute Gasteiger partial charge is 0.301 e. The summed E-state index contributed by atoms with van der Waals surface area (Å²) in [6, 6.07) is 17.3. The Kier molecular flexibility index (Phi) is 5.99. The van der Waals surface area contributed by atoms with E-state index in [2.05, 4.69) is 16.0 Å². The number of aryl methyl sites for hydroxylation is 1. The summed E-state index contributed by atoms with van der Waals surface area (Å²) in [5.74, 6) is 0.0673. The van der Waals surface area contributed by atoms with Gasteiger partial charge in [0.2, 0.25) is 0 Å². The van der Waals surface area contributed by atoms with Crippen LogP contribution in [0.25, 0.3) is 28.2 Å². The van der Waals surface area contributed by atoms with E-state index < -0.39 is 5.41 Å². The van der Waals surface area contributed by atoms with Crippen LogP contribution in [0.3, 0.4) is 0 Å². The monoisotopic (exact) mass is 451 g/mol. The molecule has 3 heterocycles. The van der Waals surface area contributed by atoms with Gasteiger partial charge in [-0.1, -0.05) is 18.2 Å². The van der Waals surface area contributed by atoms with Gasteiger partial charge in [-0.2, -0.15) is 5.26 Å². The van der Waals surface area contributed by atoms with Crippen LogP contribution in [-0.2, 0) is 23.7 Å². The molecule has 7 heteroatoms. The maximum absolute atomic E-state index is 13.0. The van der Waals surface area contributed by atoms with E-state index in [0.29, 0.717) is 23.5 Å². The molecule has 0 aliphatic carbocycles. The highest BCUT2D eigenvalue weighted by atomic mass is 16.1. The molecule has 0 saturated carbocycles. The Morgan fingerprint density at radius 3 is 2.41 bits per heavy atom. The minimum Gasteiger partial charge on any atom is -0.301 e. The Labute approximate surface area is 198 Å². The van der Waals surface area contributed by atoms with Gasteiger partial charge in [0.15, 0.2) is 0 Å². The van der Waals surface area contributed by atoms with Crippen LogP contribution in [0.4, 0.5) is 0 Å². The van der Waals surface area contributed by atoms with Crippen molar-refractivity contribution in [3.05, 3.63) is 88.9 Å². The lowest BCUT2D eigenvalue weighted by molar-refractivity contribution is -0.116. The van der Waals surface area contributed by atoms with Gasteiger partial charge in [0.05, 0.1) is 28.6 Å². The molecular weight excluding hydrogens is 426 g/mol. The zero-order valence-electron chi connectivity index (χ0n) is 19.6. The van der Waals surface area contributed by atoms with Crippen molar-refractivity contribution >= 4 is 5.78 Å². The number of pyridine rings is 2. The highest BCUT2D eigenvalue weighted by Gasteiger charge is 2.20. The van der Waals surface area contributed by atoms with Crippen LogP contribution >= 0.6 is 0 Å². The molecule has 0 unspecified atom stereocenters. The first-order valence-corrected chi connectivity index (χ1v) is 10.9. The molecular formula is C27H25N5O2. The summed E-state index contributed by atoms with van der Waals surface area (Å²) < 4.78 is 3.14. The molecule has 0 aliphatic rings. The second-order valence-corrected chi connectivity index (χ2v) is 8.87. The number of imidazole rings is 1. The molecule has 4 aromatic rings. The third kappa shape index (κ3) is 4.44. The number of Topliss-reactive ketones (excluding diaryl/α,β-unsaturated/α-hetero) is 1. The fourth-order valence-electron chi connectivity index (χ4n) is 3.78. The number of nitrogens with zero attached hydrogens (tertiary/aromatic N) is 5. The summed E-state index contributed by atoms with van der Waals surface area (Å²) in [6.07, 6.45) is 5.51. The Balaban J connectivity index is 1.74. The number of ketones is 1. The summed E-state index contributed by atoms with van der Waals surface area (Å²) >= 11 is 0. The number of carbonyl (C=O) groups excluding carboxylic acids is 1. The number of nitriles is 1. The number of aromatic nitrogens is 4. The van der Waals surface area contributed by atoms with Crippen LogP contribution in [0.1, 0.15) is 32.0 Å². The summed E-state index contributed by atoms with van der Waals surface area (Å²) in [7, 11) is 1.71. The summed E-state index contributed by atoms with van der Waals surface area (Å²) in [5.41, 5.74) is 4.59. The molecule has 0 saturated heterocycles. The van der Waals surface area contributed by atoms with Gasteiger partial charge < -0.3 is 4.57 Å². The third-order valence-electron chi connectivity index (χ3n) is 5.79. The fraction of sp³-hybridized carbons (Fsp3) is 0.222. The van der Waals surface area contributed by atoms with Crippen molar-refractivity contribution in [2.75, 3.05) is 0 Å². The zero-order chi connectivity index (χ0) is 24.5. The van der Waals surface area contributed by atoms with E-state index in [1.807, 2.05) is 62.4 Å². The molecule has 0 radical (unpaired) electrons. The average Bonchev–Trinajstić information content (AvgIpc) is 3.13. The van der Waals surface area contributed by atoms with Crippen molar-refractivity contribution in [3.8, 4) is 34.3 Å². The van der Waals surface area contributed by atoms with Crippen LogP contribution in [0.2, 0.25) is 0 Å². The topological polar surface area (TPSA) is 93.6 Å². The standard InChI is InChI=1S/C27H25N5O2/c1-18(33)13-22-8-5-20(15-30-22)19-11-12-29-24(14-19)25-16-31(4)26(34)32(25)23-9-6-21(7-10-23)27(2,3)17-28/h5-12,14-16H,13H2,1-4H3. The lowest BCUT2D eigenvalue weighted by atomic mass is 9.86. The Bertz CT molecular complexity index is 1450. The van der Waals surface area contributed by atoms with Crippen LogP contribution in [0, 0.1) is 11.3 Å². The first-order chi connectivity index (χ1) is 16.2. The molecule has 34 heavy (non-hydrogen) atoms. The number of carbonyl (C=O) groups is 1. The van der Waals surface area contributed by atoms with Crippen molar-refractivity contribution in [3.63, 3.8) is 0 Å². The normalized spacial score (nSPS) is 11.3. The summed E-state index contributed by atoms with van der Waals surface area (Å²) in [5, 5.41) is 9.41. The molecule has 0 amide bonds. The second kappa shape index (κ2) is 8.91. The van der Waals surface area contributed by atoms with Crippen LogP contribution in [0.15, 0.2) is 71.9 Å². The van der Waals surface area contributed by atoms with Crippen molar-refractivity contribution in [1.29, 1.82) is 5.26 Å². The predicted octanol–water partition coefficient (Wildman–Crippen LogP) is 4.23. The lowest BCUT2D eigenvalue weighted by Gasteiger charge is -2.16. The van der Waals surface area contributed by atoms with Crippen molar-refractivity contribution in [2.24, 2.45) is 7.05 Å². The molecule has 0 aliphatic heterocycles. The van der Waals surface area contributed by atoms with E-state index in [4.69, 9.17) is 0 Å². The summed E-state index contributed by atoms with van der Waals surface area (Å²) in [6.45, 7) is 5.26. The Morgan fingerprint density at radius 2 is 1.79 bits per heavy atom.